The maximum absolute atomic E-state index is 13.3. The van der Waals surface area contributed by atoms with Crippen LogP contribution < -0.4 is 5.32 Å². The van der Waals surface area contributed by atoms with Gasteiger partial charge in [-0.25, -0.2) is 12.7 Å². The molecule has 1 unspecified atom stereocenters. The lowest BCUT2D eigenvalue weighted by molar-refractivity contribution is -0.141. The Morgan fingerprint density at radius 1 is 1.09 bits per heavy atom. The van der Waals surface area contributed by atoms with Gasteiger partial charge in [0, 0.05) is 29.2 Å². The molecule has 0 spiro atoms. The first kappa shape index (κ1) is 24.0. The standard InChI is InChI=1S/C21H21Cl2N3O5S/c1-3-17(20(28)24-2)25(11-14-15(22)8-6-9-16(14)23)19(27)12-26-21(29)13-7-4-5-10-18(13)32(26,30)31/h4-10,17H,3,11-12H2,1-2H3,(H,24,28). The number of hydrogen-bond acceptors (Lipinski definition) is 5. The molecule has 0 saturated heterocycles. The van der Waals surface area contributed by atoms with Crippen LogP contribution >= 0.6 is 23.2 Å². The minimum atomic E-state index is -4.19. The third kappa shape index (κ3) is 4.32. The van der Waals surface area contributed by atoms with Crippen LogP contribution in [0.4, 0.5) is 0 Å². The number of fused-ring (bicyclic) bond motifs is 1. The third-order valence-electron chi connectivity index (χ3n) is 5.21. The van der Waals surface area contributed by atoms with E-state index in [2.05, 4.69) is 5.32 Å². The van der Waals surface area contributed by atoms with Gasteiger partial charge in [0.05, 0.1) is 5.56 Å². The number of benzene rings is 2. The van der Waals surface area contributed by atoms with E-state index in [1.54, 1.807) is 31.2 Å². The second-order valence-electron chi connectivity index (χ2n) is 7.07. The first-order valence-electron chi connectivity index (χ1n) is 9.73. The van der Waals surface area contributed by atoms with Gasteiger partial charge in [0.1, 0.15) is 17.5 Å². The highest BCUT2D eigenvalue weighted by Gasteiger charge is 2.43. The number of nitrogens with zero attached hydrogens (tertiary/aromatic N) is 2. The molecule has 0 fully saturated rings. The zero-order valence-corrected chi connectivity index (χ0v) is 19.7. The van der Waals surface area contributed by atoms with Crippen LogP contribution in [0.5, 0.6) is 0 Å². The number of likely N-dealkylation sites (N-methyl/N-ethyl adjacent to an activating group) is 1. The summed E-state index contributed by atoms with van der Waals surface area (Å²) in [5.74, 6) is -1.97. The number of sulfonamides is 1. The van der Waals surface area contributed by atoms with Crippen LogP contribution in [0.2, 0.25) is 10.0 Å². The Hall–Kier alpha value is -2.62. The fraction of sp³-hybridized carbons (Fsp3) is 0.286. The smallest absolute Gasteiger partial charge is 0.269 e. The van der Waals surface area contributed by atoms with Gasteiger partial charge in [0.2, 0.25) is 11.8 Å². The molecule has 11 heteroatoms. The predicted molar refractivity (Wildman–Crippen MR) is 120 cm³/mol. The van der Waals surface area contributed by atoms with Gasteiger partial charge in [0.25, 0.3) is 15.9 Å². The zero-order valence-electron chi connectivity index (χ0n) is 17.3. The maximum Gasteiger partial charge on any atom is 0.269 e. The molecular weight excluding hydrogens is 477 g/mol. The topological polar surface area (TPSA) is 104 Å². The lowest BCUT2D eigenvalue weighted by atomic mass is 10.1. The van der Waals surface area contributed by atoms with Crippen LogP contribution in [0.25, 0.3) is 0 Å². The lowest BCUT2D eigenvalue weighted by Crippen LogP contribution is -2.51. The van der Waals surface area contributed by atoms with Gasteiger partial charge >= 0.3 is 0 Å². The second-order valence-corrected chi connectivity index (χ2v) is 9.72. The summed E-state index contributed by atoms with van der Waals surface area (Å²) in [6.45, 7) is 0.811. The van der Waals surface area contributed by atoms with Gasteiger partial charge in [-0.15, -0.1) is 0 Å². The number of carbonyl (C=O) groups excluding carboxylic acids is 3. The normalized spacial score (nSPS) is 15.2. The largest absolute Gasteiger partial charge is 0.357 e. The SMILES string of the molecule is CCC(C(=O)NC)N(Cc1c(Cl)cccc1Cl)C(=O)CN1C(=O)c2ccccc2S1(=O)=O. The fourth-order valence-corrected chi connectivity index (χ4v) is 5.58. The van der Waals surface area contributed by atoms with Gasteiger partial charge < -0.3 is 10.2 Å². The van der Waals surface area contributed by atoms with Crippen molar-refractivity contribution in [3.8, 4) is 0 Å². The molecule has 1 heterocycles. The average molecular weight is 498 g/mol. The van der Waals surface area contributed by atoms with Crippen LogP contribution in [0.1, 0.15) is 29.3 Å². The highest BCUT2D eigenvalue weighted by molar-refractivity contribution is 7.90. The van der Waals surface area contributed by atoms with Crippen LogP contribution in [0.3, 0.4) is 0 Å². The number of nitrogens with one attached hydrogen (secondary N) is 1. The fourth-order valence-electron chi connectivity index (χ4n) is 3.54. The Balaban J connectivity index is 1.97. The van der Waals surface area contributed by atoms with Gasteiger partial charge in [0.15, 0.2) is 0 Å². The van der Waals surface area contributed by atoms with E-state index in [-0.39, 0.29) is 23.4 Å². The first-order chi connectivity index (χ1) is 15.1. The molecule has 1 atom stereocenters. The van der Waals surface area contributed by atoms with E-state index in [4.69, 9.17) is 23.2 Å². The molecule has 1 N–H and O–H groups in total. The Morgan fingerprint density at radius 3 is 2.28 bits per heavy atom. The molecule has 0 bridgehead atoms. The third-order valence-corrected chi connectivity index (χ3v) is 7.71. The van der Waals surface area contributed by atoms with Crippen LogP contribution in [0.15, 0.2) is 47.4 Å². The molecule has 1 aliphatic heterocycles. The first-order valence-corrected chi connectivity index (χ1v) is 11.9. The van der Waals surface area contributed by atoms with Crippen molar-refractivity contribution in [2.45, 2.75) is 30.8 Å². The van der Waals surface area contributed by atoms with Gasteiger partial charge in [-0.3, -0.25) is 14.4 Å². The summed E-state index contributed by atoms with van der Waals surface area (Å²) in [6, 6.07) is 9.65. The van der Waals surface area contributed by atoms with Gasteiger partial charge in [-0.1, -0.05) is 48.3 Å². The predicted octanol–water partition coefficient (Wildman–Crippen LogP) is 2.69. The molecule has 3 rings (SSSR count). The van der Waals surface area contributed by atoms with E-state index in [9.17, 15) is 22.8 Å². The molecule has 2 aromatic carbocycles. The van der Waals surface area contributed by atoms with Crippen molar-refractivity contribution in [3.05, 3.63) is 63.6 Å². The summed E-state index contributed by atoms with van der Waals surface area (Å²) < 4.78 is 26.2. The zero-order chi connectivity index (χ0) is 23.6. The molecule has 0 saturated carbocycles. The summed E-state index contributed by atoms with van der Waals surface area (Å²) in [5.41, 5.74) is 0.407. The van der Waals surface area contributed by atoms with Crippen molar-refractivity contribution in [2.24, 2.45) is 0 Å². The molecule has 3 amide bonds. The van der Waals surface area contributed by atoms with E-state index >= 15 is 0 Å². The molecule has 2 aromatic rings. The summed E-state index contributed by atoms with van der Waals surface area (Å²) >= 11 is 12.5. The van der Waals surface area contributed by atoms with E-state index in [0.29, 0.717) is 19.9 Å². The Bertz CT molecular complexity index is 1170. The molecular formula is C21H21Cl2N3O5S. The Kier molecular flexibility index (Phi) is 7.12. The Labute approximate surface area is 196 Å². The monoisotopic (exact) mass is 497 g/mol. The molecule has 0 aliphatic carbocycles. The summed E-state index contributed by atoms with van der Waals surface area (Å²) in [4.78, 5) is 39.6. The molecule has 0 aromatic heterocycles. The highest BCUT2D eigenvalue weighted by atomic mass is 35.5. The van der Waals surface area contributed by atoms with Crippen molar-refractivity contribution in [1.29, 1.82) is 0 Å². The molecule has 170 valence electrons. The maximum atomic E-state index is 13.3. The molecule has 0 radical (unpaired) electrons. The van der Waals surface area contributed by atoms with Crippen LogP contribution in [-0.4, -0.2) is 55.0 Å². The number of halogens is 2. The van der Waals surface area contributed by atoms with E-state index < -0.39 is 40.3 Å². The number of rotatable bonds is 7. The van der Waals surface area contributed by atoms with Crippen molar-refractivity contribution < 1.29 is 22.8 Å². The van der Waals surface area contributed by atoms with Crippen LogP contribution in [0, 0.1) is 0 Å². The number of carbonyl (C=O) groups is 3. The lowest BCUT2D eigenvalue weighted by Gasteiger charge is -2.31. The minimum absolute atomic E-state index is 0.000610. The second kappa shape index (κ2) is 9.48. The van der Waals surface area contributed by atoms with E-state index in [0.717, 1.165) is 0 Å². The van der Waals surface area contributed by atoms with Crippen molar-refractivity contribution >= 4 is 50.9 Å². The van der Waals surface area contributed by atoms with Crippen molar-refractivity contribution in [1.82, 2.24) is 14.5 Å². The molecule has 8 nitrogen and oxygen atoms in total. The molecule has 1 aliphatic rings. The van der Waals surface area contributed by atoms with E-state index in [1.807, 2.05) is 0 Å². The number of hydrogen-bond donors (Lipinski definition) is 1. The van der Waals surface area contributed by atoms with Gasteiger partial charge in [-0.2, -0.15) is 0 Å². The summed E-state index contributed by atoms with van der Waals surface area (Å²) in [6.07, 6.45) is 0.244. The van der Waals surface area contributed by atoms with Gasteiger partial charge in [-0.05, 0) is 30.7 Å². The number of amides is 3. The summed E-state index contributed by atoms with van der Waals surface area (Å²) in [5, 5.41) is 3.08. The van der Waals surface area contributed by atoms with Crippen molar-refractivity contribution in [2.75, 3.05) is 13.6 Å². The van der Waals surface area contributed by atoms with E-state index in [1.165, 1.54) is 30.1 Å². The minimum Gasteiger partial charge on any atom is -0.357 e. The summed E-state index contributed by atoms with van der Waals surface area (Å²) in [7, 11) is -2.76. The van der Waals surface area contributed by atoms with Crippen molar-refractivity contribution in [3.63, 3.8) is 0 Å². The highest BCUT2D eigenvalue weighted by Crippen LogP contribution is 2.31. The average Bonchev–Trinajstić information content (AvgIpc) is 2.96. The Morgan fingerprint density at radius 2 is 1.72 bits per heavy atom. The molecule has 32 heavy (non-hydrogen) atoms. The quantitative estimate of drug-likeness (QED) is 0.633. The van der Waals surface area contributed by atoms with Crippen LogP contribution in [-0.2, 0) is 26.2 Å².